The molecule has 2 aromatic carbocycles. The molecule has 1 N–H and O–H groups in total. The summed E-state index contributed by atoms with van der Waals surface area (Å²) in [7, 11) is 0. The minimum Gasteiger partial charge on any atom is -0.360 e. The van der Waals surface area contributed by atoms with Gasteiger partial charge in [-0.25, -0.2) is 0 Å². The molecule has 4 nitrogen and oxygen atoms in total. The van der Waals surface area contributed by atoms with E-state index in [0.717, 1.165) is 21.1 Å². The molecule has 5 heteroatoms. The molecule has 0 radical (unpaired) electrons. The van der Waals surface area contributed by atoms with Crippen LogP contribution in [0, 0.1) is 6.92 Å². The molecule has 25 heavy (non-hydrogen) atoms. The van der Waals surface area contributed by atoms with Crippen LogP contribution in [0.25, 0.3) is 21.1 Å². The number of hydrogen-bond donors (Lipinski definition) is 1. The van der Waals surface area contributed by atoms with Crippen LogP contribution < -0.4 is 4.80 Å². The summed E-state index contributed by atoms with van der Waals surface area (Å²) in [5.74, 6) is -0.237. The number of para-hydroxylation sites is 1. The Morgan fingerprint density at radius 1 is 1.32 bits per heavy atom. The highest BCUT2D eigenvalue weighted by Gasteiger charge is 2.12. The van der Waals surface area contributed by atoms with E-state index >= 15 is 0 Å². The molecule has 4 aromatic rings. The molecule has 0 aliphatic rings. The number of thiazole rings is 1. The third-order valence-corrected chi connectivity index (χ3v) is 5.21. The number of H-pyrrole nitrogens is 1. The van der Waals surface area contributed by atoms with Gasteiger partial charge in [-0.1, -0.05) is 41.7 Å². The van der Waals surface area contributed by atoms with E-state index in [2.05, 4.69) is 41.7 Å². The predicted octanol–water partition coefficient (Wildman–Crippen LogP) is 4.42. The molecule has 0 spiro atoms. The average Bonchev–Trinajstić information content (AvgIpc) is 3.17. The molecule has 0 bridgehead atoms. The number of rotatable bonds is 3. The normalized spacial score (nSPS) is 12.1. The zero-order valence-corrected chi connectivity index (χ0v) is 14.6. The second-order valence-electron chi connectivity index (χ2n) is 5.92. The Morgan fingerprint density at radius 3 is 3.00 bits per heavy atom. The van der Waals surface area contributed by atoms with Gasteiger partial charge in [0.05, 0.1) is 15.8 Å². The van der Waals surface area contributed by atoms with Crippen LogP contribution in [0.2, 0.25) is 0 Å². The van der Waals surface area contributed by atoms with Crippen molar-refractivity contribution in [2.24, 2.45) is 4.99 Å². The lowest BCUT2D eigenvalue weighted by atomic mass is 10.2. The van der Waals surface area contributed by atoms with Crippen molar-refractivity contribution in [3.8, 4) is 0 Å². The quantitative estimate of drug-likeness (QED) is 0.548. The van der Waals surface area contributed by atoms with Gasteiger partial charge in [0.2, 0.25) is 0 Å². The van der Waals surface area contributed by atoms with E-state index in [1.54, 1.807) is 6.20 Å². The maximum atomic E-state index is 12.8. The van der Waals surface area contributed by atoms with Crippen molar-refractivity contribution in [2.45, 2.75) is 13.5 Å². The van der Waals surface area contributed by atoms with Crippen LogP contribution in [0.15, 0.2) is 66.3 Å². The van der Waals surface area contributed by atoms with Gasteiger partial charge in [0.25, 0.3) is 5.91 Å². The summed E-state index contributed by atoms with van der Waals surface area (Å²) in [6, 6.07) is 14.0. The van der Waals surface area contributed by atoms with Gasteiger partial charge in [0.15, 0.2) is 4.80 Å². The van der Waals surface area contributed by atoms with Crippen molar-refractivity contribution in [3.05, 3.63) is 77.2 Å². The number of carbonyl (C=O) groups excluding carboxylic acids is 1. The number of aromatic nitrogens is 2. The van der Waals surface area contributed by atoms with Crippen LogP contribution in [0.4, 0.5) is 0 Å². The number of aryl methyl sites for hydroxylation is 1. The van der Waals surface area contributed by atoms with Crippen LogP contribution in [0.1, 0.15) is 15.9 Å². The molecule has 0 saturated carbocycles. The highest BCUT2D eigenvalue weighted by molar-refractivity contribution is 7.16. The van der Waals surface area contributed by atoms with E-state index in [4.69, 9.17) is 0 Å². The Kier molecular flexibility index (Phi) is 3.86. The minimum atomic E-state index is -0.237. The number of hydrogen-bond acceptors (Lipinski definition) is 2. The lowest BCUT2D eigenvalue weighted by Crippen LogP contribution is -2.16. The van der Waals surface area contributed by atoms with E-state index in [0.29, 0.717) is 16.9 Å². The molecule has 0 fully saturated rings. The first-order valence-corrected chi connectivity index (χ1v) is 8.85. The lowest BCUT2D eigenvalue weighted by molar-refractivity contribution is 0.0999. The Hall–Kier alpha value is -2.92. The number of carbonyl (C=O) groups is 1. The molecule has 0 aliphatic heterocycles. The maximum absolute atomic E-state index is 12.8. The second kappa shape index (κ2) is 6.18. The smallest absolute Gasteiger partial charge is 0.281 e. The molecular weight excluding hydrogens is 330 g/mol. The van der Waals surface area contributed by atoms with Gasteiger partial charge in [0.1, 0.15) is 0 Å². The van der Waals surface area contributed by atoms with E-state index in [-0.39, 0.29) is 5.91 Å². The number of aromatic amines is 1. The molecule has 0 aliphatic carbocycles. The standard InChI is InChI=1S/C20H17N3OS/c1-3-10-23-17-9-8-13(2)11-18(17)25-20(23)22-19(24)15-12-21-16-7-5-4-6-14(15)16/h3-9,11-12,21H,1,10H2,2H3. The minimum absolute atomic E-state index is 0.237. The van der Waals surface area contributed by atoms with Gasteiger partial charge < -0.3 is 9.55 Å². The zero-order valence-electron chi connectivity index (χ0n) is 13.8. The highest BCUT2D eigenvalue weighted by Crippen LogP contribution is 2.21. The average molecular weight is 347 g/mol. The van der Waals surface area contributed by atoms with Gasteiger partial charge >= 0.3 is 0 Å². The third-order valence-electron chi connectivity index (χ3n) is 4.17. The SMILES string of the molecule is C=CCn1c(=NC(=O)c2c[nH]c3ccccc23)sc2cc(C)ccc21. The fourth-order valence-electron chi connectivity index (χ4n) is 2.97. The van der Waals surface area contributed by atoms with Crippen LogP contribution in [-0.2, 0) is 6.54 Å². The van der Waals surface area contributed by atoms with Crippen LogP contribution in [-0.4, -0.2) is 15.5 Å². The Balaban J connectivity index is 1.89. The summed E-state index contributed by atoms with van der Waals surface area (Å²) in [4.78, 5) is 21.0. The van der Waals surface area contributed by atoms with Crippen LogP contribution >= 0.6 is 11.3 Å². The van der Waals surface area contributed by atoms with E-state index in [9.17, 15) is 4.79 Å². The Labute approximate surface area is 148 Å². The lowest BCUT2D eigenvalue weighted by Gasteiger charge is -2.01. The number of benzene rings is 2. The summed E-state index contributed by atoms with van der Waals surface area (Å²) in [5.41, 5.74) is 3.79. The largest absolute Gasteiger partial charge is 0.360 e. The first-order valence-electron chi connectivity index (χ1n) is 8.03. The van der Waals surface area contributed by atoms with Crippen LogP contribution in [0.5, 0.6) is 0 Å². The molecule has 124 valence electrons. The van der Waals surface area contributed by atoms with E-state index in [1.807, 2.05) is 34.9 Å². The summed E-state index contributed by atoms with van der Waals surface area (Å²) in [6.07, 6.45) is 3.55. The van der Waals surface area contributed by atoms with Gasteiger partial charge in [-0.15, -0.1) is 6.58 Å². The Morgan fingerprint density at radius 2 is 2.16 bits per heavy atom. The molecule has 1 amide bonds. The summed E-state index contributed by atoms with van der Waals surface area (Å²) < 4.78 is 3.14. The van der Waals surface area contributed by atoms with Crippen LogP contribution in [0.3, 0.4) is 0 Å². The summed E-state index contributed by atoms with van der Waals surface area (Å²) in [6.45, 7) is 6.50. The second-order valence-corrected chi connectivity index (χ2v) is 6.93. The fraction of sp³-hybridized carbons (Fsp3) is 0.100. The summed E-state index contributed by atoms with van der Waals surface area (Å²) >= 11 is 1.53. The predicted molar refractivity (Wildman–Crippen MR) is 103 cm³/mol. The maximum Gasteiger partial charge on any atom is 0.281 e. The molecule has 0 saturated heterocycles. The van der Waals surface area contributed by atoms with Crippen molar-refractivity contribution >= 4 is 38.4 Å². The van der Waals surface area contributed by atoms with Gasteiger partial charge in [0, 0.05) is 23.6 Å². The first kappa shape index (κ1) is 15.6. The van der Waals surface area contributed by atoms with Gasteiger partial charge in [-0.05, 0) is 30.7 Å². The monoisotopic (exact) mass is 347 g/mol. The fourth-order valence-corrected chi connectivity index (χ4v) is 4.10. The zero-order chi connectivity index (χ0) is 17.4. The van der Waals surface area contributed by atoms with Crippen molar-refractivity contribution < 1.29 is 4.79 Å². The Bertz CT molecular complexity index is 1180. The van der Waals surface area contributed by atoms with Crippen molar-refractivity contribution in [2.75, 3.05) is 0 Å². The number of allylic oxidation sites excluding steroid dienone is 1. The third kappa shape index (κ3) is 2.72. The first-order chi connectivity index (χ1) is 12.2. The molecule has 2 heterocycles. The van der Waals surface area contributed by atoms with E-state index in [1.165, 1.54) is 16.9 Å². The van der Waals surface area contributed by atoms with Crippen molar-refractivity contribution in [1.82, 2.24) is 9.55 Å². The molecule has 0 atom stereocenters. The highest BCUT2D eigenvalue weighted by atomic mass is 32.1. The van der Waals surface area contributed by atoms with E-state index < -0.39 is 0 Å². The number of nitrogens with one attached hydrogen (secondary N) is 1. The van der Waals surface area contributed by atoms with Crippen molar-refractivity contribution in [1.29, 1.82) is 0 Å². The molecule has 2 aromatic heterocycles. The topological polar surface area (TPSA) is 50.1 Å². The molecular formula is C20H17N3OS. The number of nitrogens with zero attached hydrogens (tertiary/aromatic N) is 2. The van der Waals surface area contributed by atoms with Crippen molar-refractivity contribution in [3.63, 3.8) is 0 Å². The van der Waals surface area contributed by atoms with Gasteiger partial charge in [-0.2, -0.15) is 4.99 Å². The molecule has 4 rings (SSSR count). The number of fused-ring (bicyclic) bond motifs is 2. The number of amides is 1. The van der Waals surface area contributed by atoms with Gasteiger partial charge in [-0.3, -0.25) is 4.79 Å². The molecule has 0 unspecified atom stereocenters. The summed E-state index contributed by atoms with van der Waals surface area (Å²) in [5, 5.41) is 0.892.